The lowest BCUT2D eigenvalue weighted by Crippen LogP contribution is -2.49. The van der Waals surface area contributed by atoms with Gasteiger partial charge in [-0.1, -0.05) is 15.9 Å². The Hall–Kier alpha value is -1.87. The number of nitrogens with zero attached hydrogens (tertiary/aromatic N) is 2. The van der Waals surface area contributed by atoms with E-state index in [-0.39, 0.29) is 17.9 Å². The zero-order valence-electron chi connectivity index (χ0n) is 14.5. The van der Waals surface area contributed by atoms with Crippen LogP contribution in [0.4, 0.5) is 16.2 Å². The van der Waals surface area contributed by atoms with Gasteiger partial charge in [-0.2, -0.15) is 0 Å². The van der Waals surface area contributed by atoms with Gasteiger partial charge in [0.05, 0.1) is 24.2 Å². The lowest BCUT2D eigenvalue weighted by atomic mass is 10.2. The minimum atomic E-state index is -0.554. The zero-order valence-corrected chi connectivity index (χ0v) is 16.0. The van der Waals surface area contributed by atoms with Gasteiger partial charge in [0.15, 0.2) is 0 Å². The van der Waals surface area contributed by atoms with Gasteiger partial charge < -0.3 is 19.7 Å². The Balaban J connectivity index is 1.95. The molecule has 1 aromatic rings. The van der Waals surface area contributed by atoms with E-state index in [0.717, 1.165) is 0 Å². The van der Waals surface area contributed by atoms with Crippen LogP contribution in [0.25, 0.3) is 0 Å². The van der Waals surface area contributed by atoms with Crippen LogP contribution in [0, 0.1) is 10.1 Å². The summed E-state index contributed by atoms with van der Waals surface area (Å²) >= 11 is 3.22. The average Bonchev–Trinajstić information content (AvgIpc) is 2.52. The van der Waals surface area contributed by atoms with E-state index in [2.05, 4.69) is 21.2 Å². The number of hydrogen-bond acceptors (Lipinski definition) is 6. The number of carbonyl (C=O) groups excluding carboxylic acids is 1. The number of nitro benzene ring substituents is 1. The van der Waals surface area contributed by atoms with Gasteiger partial charge in [-0.3, -0.25) is 10.1 Å². The molecule has 0 bridgehead atoms. The molecule has 0 radical (unpaired) electrons. The molecule has 1 amide bonds. The molecule has 0 unspecified atom stereocenters. The molecule has 1 aliphatic rings. The molecule has 0 spiro atoms. The quantitative estimate of drug-likeness (QED) is 0.597. The molecule has 1 atom stereocenters. The number of halogens is 1. The summed E-state index contributed by atoms with van der Waals surface area (Å²) in [4.78, 5) is 24.4. The molecule has 1 saturated heterocycles. The van der Waals surface area contributed by atoms with Gasteiger partial charge in [-0.15, -0.1) is 0 Å². The van der Waals surface area contributed by atoms with Gasteiger partial charge in [-0.25, -0.2) is 4.79 Å². The van der Waals surface area contributed by atoms with Crippen molar-refractivity contribution in [2.75, 3.05) is 31.6 Å². The summed E-state index contributed by atoms with van der Waals surface area (Å²) in [6.45, 7) is 7.02. The maximum Gasteiger partial charge on any atom is 0.410 e. The summed E-state index contributed by atoms with van der Waals surface area (Å²) in [5, 5.41) is 14.2. The van der Waals surface area contributed by atoms with Crippen LogP contribution in [0.15, 0.2) is 22.7 Å². The molecule has 0 aromatic heterocycles. The van der Waals surface area contributed by atoms with Crippen LogP contribution < -0.4 is 5.32 Å². The maximum absolute atomic E-state index is 12.1. The van der Waals surface area contributed by atoms with Crippen LogP contribution in [-0.4, -0.2) is 53.9 Å². The molecule has 1 aliphatic heterocycles. The van der Waals surface area contributed by atoms with Gasteiger partial charge in [0.1, 0.15) is 11.3 Å². The van der Waals surface area contributed by atoms with Crippen molar-refractivity contribution in [3.63, 3.8) is 0 Å². The Labute approximate surface area is 154 Å². The Kier molecular flexibility index (Phi) is 6.23. The van der Waals surface area contributed by atoms with E-state index in [0.29, 0.717) is 36.4 Å². The van der Waals surface area contributed by atoms with E-state index in [9.17, 15) is 14.9 Å². The molecule has 0 aliphatic carbocycles. The number of amides is 1. The molecule has 1 aromatic carbocycles. The predicted octanol–water partition coefficient (Wildman–Crippen LogP) is 3.41. The van der Waals surface area contributed by atoms with Crippen molar-refractivity contribution in [3.05, 3.63) is 32.8 Å². The predicted molar refractivity (Wildman–Crippen MR) is 96.8 cm³/mol. The summed E-state index contributed by atoms with van der Waals surface area (Å²) in [7, 11) is 0. The van der Waals surface area contributed by atoms with Crippen molar-refractivity contribution < 1.29 is 19.2 Å². The minimum absolute atomic E-state index is 0.0193. The highest BCUT2D eigenvalue weighted by atomic mass is 79.9. The van der Waals surface area contributed by atoms with E-state index in [1.807, 2.05) is 20.8 Å². The smallest absolute Gasteiger partial charge is 0.410 e. The third-order valence-electron chi connectivity index (χ3n) is 3.47. The largest absolute Gasteiger partial charge is 0.444 e. The summed E-state index contributed by atoms with van der Waals surface area (Å²) in [5.41, 5.74) is -0.165. The lowest BCUT2D eigenvalue weighted by Gasteiger charge is -2.34. The van der Waals surface area contributed by atoms with E-state index < -0.39 is 10.5 Å². The molecule has 138 valence electrons. The summed E-state index contributed by atoms with van der Waals surface area (Å²) in [6, 6.07) is 4.80. The van der Waals surface area contributed by atoms with Crippen molar-refractivity contribution in [3.8, 4) is 0 Å². The van der Waals surface area contributed by atoms with E-state index in [4.69, 9.17) is 9.47 Å². The second-order valence-electron chi connectivity index (χ2n) is 6.72. The number of rotatable bonds is 4. The van der Waals surface area contributed by atoms with Crippen molar-refractivity contribution in [2.24, 2.45) is 0 Å². The molecule has 8 nitrogen and oxygen atoms in total. The Morgan fingerprint density at radius 3 is 2.88 bits per heavy atom. The topological polar surface area (TPSA) is 93.9 Å². The third-order valence-corrected chi connectivity index (χ3v) is 3.96. The number of benzene rings is 1. The highest BCUT2D eigenvalue weighted by Crippen LogP contribution is 2.28. The lowest BCUT2D eigenvalue weighted by molar-refractivity contribution is -0.384. The Bertz CT molecular complexity index is 647. The van der Waals surface area contributed by atoms with Gasteiger partial charge >= 0.3 is 6.09 Å². The fourth-order valence-corrected chi connectivity index (χ4v) is 2.71. The van der Waals surface area contributed by atoms with Crippen molar-refractivity contribution >= 4 is 33.4 Å². The van der Waals surface area contributed by atoms with Gasteiger partial charge in [0, 0.05) is 23.6 Å². The third kappa shape index (κ3) is 5.86. The molecule has 1 fully saturated rings. The van der Waals surface area contributed by atoms with Crippen molar-refractivity contribution in [2.45, 2.75) is 32.5 Å². The zero-order chi connectivity index (χ0) is 18.6. The van der Waals surface area contributed by atoms with Gasteiger partial charge in [0.2, 0.25) is 0 Å². The van der Waals surface area contributed by atoms with E-state index in [1.54, 1.807) is 17.0 Å². The second-order valence-corrected chi connectivity index (χ2v) is 7.63. The van der Waals surface area contributed by atoms with Crippen LogP contribution in [0.1, 0.15) is 20.8 Å². The maximum atomic E-state index is 12.1. The first-order valence-corrected chi connectivity index (χ1v) is 8.72. The van der Waals surface area contributed by atoms with Crippen LogP contribution in [0.3, 0.4) is 0 Å². The Morgan fingerprint density at radius 2 is 2.24 bits per heavy atom. The summed E-state index contributed by atoms with van der Waals surface area (Å²) < 4.78 is 11.6. The van der Waals surface area contributed by atoms with E-state index >= 15 is 0 Å². The number of carbonyl (C=O) groups is 1. The number of nitro groups is 1. The summed E-state index contributed by atoms with van der Waals surface area (Å²) in [5.74, 6) is 0. The first-order valence-electron chi connectivity index (χ1n) is 7.93. The first-order chi connectivity index (χ1) is 11.7. The fraction of sp³-hybridized carbons (Fsp3) is 0.562. The number of ether oxygens (including phenoxy) is 2. The highest BCUT2D eigenvalue weighted by Gasteiger charge is 2.28. The number of nitrogens with one attached hydrogen (secondary N) is 1. The number of anilines is 1. The molecular formula is C16H22BrN3O5. The van der Waals surface area contributed by atoms with Crippen LogP contribution >= 0.6 is 15.9 Å². The minimum Gasteiger partial charge on any atom is -0.444 e. The van der Waals surface area contributed by atoms with Crippen LogP contribution in [0.5, 0.6) is 0 Å². The molecule has 9 heteroatoms. The standard InChI is InChI=1S/C16H22BrN3O5/c1-16(2,3)25-15(21)19-6-7-24-12(10-19)9-18-13-5-4-11(17)8-14(13)20(22)23/h4-5,8,12,18H,6-7,9-10H2,1-3H3/t12-/m0/s1. The van der Waals surface area contributed by atoms with Crippen molar-refractivity contribution in [1.82, 2.24) is 4.90 Å². The molecule has 1 N–H and O–H groups in total. The molecule has 25 heavy (non-hydrogen) atoms. The summed E-state index contributed by atoms with van der Waals surface area (Å²) in [6.07, 6.45) is -0.653. The Morgan fingerprint density at radius 1 is 1.52 bits per heavy atom. The highest BCUT2D eigenvalue weighted by molar-refractivity contribution is 9.10. The SMILES string of the molecule is CC(C)(C)OC(=O)N1CCO[C@@H](CNc2ccc(Br)cc2[N+](=O)[O-])C1. The number of morpholine rings is 1. The monoisotopic (exact) mass is 415 g/mol. The van der Waals surface area contributed by atoms with Gasteiger partial charge in [-0.05, 0) is 32.9 Å². The average molecular weight is 416 g/mol. The van der Waals surface area contributed by atoms with Crippen molar-refractivity contribution in [1.29, 1.82) is 0 Å². The molecule has 0 saturated carbocycles. The first kappa shape index (κ1) is 19.5. The second kappa shape index (κ2) is 8.01. The molecule has 1 heterocycles. The molecule has 2 rings (SSSR count). The van der Waals surface area contributed by atoms with Crippen LogP contribution in [0.2, 0.25) is 0 Å². The van der Waals surface area contributed by atoms with Crippen LogP contribution in [-0.2, 0) is 9.47 Å². The van der Waals surface area contributed by atoms with E-state index in [1.165, 1.54) is 6.07 Å². The molecular weight excluding hydrogens is 394 g/mol. The normalized spacial score (nSPS) is 17.9. The fourth-order valence-electron chi connectivity index (χ4n) is 2.36. The number of hydrogen-bond donors (Lipinski definition) is 1. The van der Waals surface area contributed by atoms with Gasteiger partial charge in [0.25, 0.3) is 5.69 Å².